The van der Waals surface area contributed by atoms with E-state index in [-0.39, 0.29) is 0 Å². The molecule has 2 aromatic rings. The average molecular weight is 247 g/mol. The summed E-state index contributed by atoms with van der Waals surface area (Å²) in [6.07, 6.45) is 2.24. The maximum absolute atomic E-state index is 12.4. The van der Waals surface area contributed by atoms with Crippen molar-refractivity contribution in [1.82, 2.24) is 0 Å². The molecule has 2 nitrogen and oxygen atoms in total. The summed E-state index contributed by atoms with van der Waals surface area (Å²) in [5.74, 6) is 0.416. The molecule has 0 aliphatic heterocycles. The lowest BCUT2D eigenvalue weighted by molar-refractivity contribution is 0.385. The lowest BCUT2D eigenvalue weighted by atomic mass is 9.92. The highest BCUT2D eigenvalue weighted by molar-refractivity contribution is 7.32. The molecule has 2 aromatic carbocycles. The van der Waals surface area contributed by atoms with Crippen LogP contribution < -0.4 is 0 Å². The zero-order chi connectivity index (χ0) is 11.8. The summed E-state index contributed by atoms with van der Waals surface area (Å²) in [6, 6.07) is 11.9. The molecule has 4 heteroatoms. The Morgan fingerprint density at radius 3 is 2.71 bits per heavy atom. The Balaban J connectivity index is 2.19. The van der Waals surface area contributed by atoms with Crippen molar-refractivity contribution in [2.75, 3.05) is 0 Å². The number of rotatable bonds is 2. The van der Waals surface area contributed by atoms with Crippen LogP contribution in [0.1, 0.15) is 11.1 Å². The molecule has 0 bridgehead atoms. The molecule has 3 rings (SSSR count). The number of allylic oxidation sites excluding steroid dienone is 1. The molecule has 0 spiro atoms. The van der Waals surface area contributed by atoms with Crippen LogP contribution in [0.2, 0.25) is 0 Å². The fraction of sp³-hybridized carbons (Fsp3) is 0.0769. The van der Waals surface area contributed by atoms with Gasteiger partial charge in [-0.05, 0) is 28.0 Å². The zero-order valence-corrected chi connectivity index (χ0v) is 9.78. The minimum absolute atomic E-state index is 0.416. The Hall–Kier alpha value is -1.73. The lowest BCUT2D eigenvalue weighted by Gasteiger charge is -2.13. The highest BCUT2D eigenvalue weighted by Crippen LogP contribution is 2.36. The summed E-state index contributed by atoms with van der Waals surface area (Å²) in [5, 5.41) is 2.32. The molecule has 0 radical (unpaired) electrons. The predicted octanol–water partition coefficient (Wildman–Crippen LogP) is 4.38. The van der Waals surface area contributed by atoms with E-state index in [0.717, 1.165) is 21.9 Å². The minimum atomic E-state index is -3.09. The van der Waals surface area contributed by atoms with Crippen molar-refractivity contribution >= 4 is 25.2 Å². The monoisotopic (exact) mass is 247 g/mol. The smallest absolute Gasteiger partial charge is 0.230 e. The average Bonchev–Trinajstić information content (AvgIpc) is 2.28. The maximum Gasteiger partial charge on any atom is 0.800 e. The van der Waals surface area contributed by atoms with Gasteiger partial charge in [-0.15, -0.1) is 0 Å². The van der Waals surface area contributed by atoms with Gasteiger partial charge in [-0.25, -0.2) is 4.52 Å². The van der Waals surface area contributed by atoms with Gasteiger partial charge in [0.1, 0.15) is 0 Å². The second-order valence-electron chi connectivity index (χ2n) is 3.95. The van der Waals surface area contributed by atoms with Gasteiger partial charge < -0.3 is 0 Å². The second kappa shape index (κ2) is 3.94. The van der Waals surface area contributed by atoms with Crippen molar-refractivity contribution in [2.24, 2.45) is 0 Å². The number of halogens is 1. The van der Waals surface area contributed by atoms with Gasteiger partial charge in [-0.3, -0.25) is 0 Å². The summed E-state index contributed by atoms with van der Waals surface area (Å²) in [5.41, 5.74) is 2.06. The van der Waals surface area contributed by atoms with Crippen molar-refractivity contribution in [1.29, 1.82) is 0 Å². The molecule has 0 fully saturated rings. The standard InChI is InChI=1S/C13H9FO2P/c14-17(15)16-12-7-10-5-1-3-9-4-2-6-11(8-12)13(9)10/h1-7H,8H2/q+1. The van der Waals surface area contributed by atoms with Gasteiger partial charge in [-0.2, -0.15) is 0 Å². The maximum atomic E-state index is 12.4. The van der Waals surface area contributed by atoms with E-state index in [1.807, 2.05) is 36.4 Å². The topological polar surface area (TPSA) is 26.3 Å². The molecule has 0 aromatic heterocycles. The van der Waals surface area contributed by atoms with Crippen molar-refractivity contribution < 1.29 is 13.3 Å². The first-order valence-electron chi connectivity index (χ1n) is 5.26. The fourth-order valence-electron chi connectivity index (χ4n) is 2.28. The molecular formula is C13H9FO2P+. The summed E-state index contributed by atoms with van der Waals surface area (Å²) in [7, 11) is -3.09. The van der Waals surface area contributed by atoms with E-state index in [0.29, 0.717) is 12.2 Å². The fourth-order valence-corrected chi connectivity index (χ4v) is 2.58. The Kier molecular flexibility index (Phi) is 2.41. The molecule has 1 aliphatic carbocycles. The number of hydrogen-bond acceptors (Lipinski definition) is 2. The number of benzene rings is 2. The van der Waals surface area contributed by atoms with E-state index in [1.165, 1.54) is 0 Å². The first-order chi connectivity index (χ1) is 8.24. The zero-order valence-electron chi connectivity index (χ0n) is 8.89. The van der Waals surface area contributed by atoms with Crippen molar-refractivity contribution in [3.63, 3.8) is 0 Å². The van der Waals surface area contributed by atoms with Gasteiger partial charge in [-0.1, -0.05) is 36.4 Å². The van der Waals surface area contributed by atoms with Gasteiger partial charge in [0.15, 0.2) is 5.76 Å². The van der Waals surface area contributed by atoms with E-state index < -0.39 is 8.34 Å². The van der Waals surface area contributed by atoms with Crippen LogP contribution in [-0.2, 0) is 15.5 Å². The first-order valence-corrected chi connectivity index (χ1v) is 6.33. The molecule has 0 saturated carbocycles. The molecule has 17 heavy (non-hydrogen) atoms. The molecule has 84 valence electrons. The minimum Gasteiger partial charge on any atom is -0.230 e. The Morgan fingerprint density at radius 2 is 1.94 bits per heavy atom. The second-order valence-corrected chi connectivity index (χ2v) is 4.56. The Morgan fingerprint density at radius 1 is 1.18 bits per heavy atom. The largest absolute Gasteiger partial charge is 0.800 e. The van der Waals surface area contributed by atoms with Crippen molar-refractivity contribution in [2.45, 2.75) is 6.42 Å². The lowest BCUT2D eigenvalue weighted by Crippen LogP contribution is -1.99. The van der Waals surface area contributed by atoms with Gasteiger partial charge in [0.2, 0.25) is 0 Å². The Labute approximate surface area is 98.7 Å². The first kappa shape index (κ1) is 10.4. The highest BCUT2D eigenvalue weighted by Gasteiger charge is 2.24. The summed E-state index contributed by atoms with van der Waals surface area (Å²) in [6.45, 7) is 0. The quantitative estimate of drug-likeness (QED) is 0.736. The van der Waals surface area contributed by atoms with Crippen molar-refractivity contribution in [3.8, 4) is 0 Å². The third-order valence-electron chi connectivity index (χ3n) is 2.89. The van der Waals surface area contributed by atoms with Crippen LogP contribution in [0.4, 0.5) is 4.20 Å². The van der Waals surface area contributed by atoms with Crippen LogP contribution in [0, 0.1) is 0 Å². The molecule has 0 N–H and O–H groups in total. The molecule has 0 amide bonds. The van der Waals surface area contributed by atoms with E-state index in [1.54, 1.807) is 6.08 Å². The van der Waals surface area contributed by atoms with E-state index in [9.17, 15) is 8.76 Å². The Bertz CT molecular complexity index is 644. The molecule has 1 aliphatic rings. The van der Waals surface area contributed by atoms with Crippen LogP contribution in [0.25, 0.3) is 16.8 Å². The molecule has 1 atom stereocenters. The van der Waals surface area contributed by atoms with Crippen LogP contribution in [0.15, 0.2) is 42.2 Å². The molecule has 0 saturated heterocycles. The summed E-state index contributed by atoms with van der Waals surface area (Å²) in [4.78, 5) is 0. The summed E-state index contributed by atoms with van der Waals surface area (Å²) >= 11 is 0. The van der Waals surface area contributed by atoms with Crippen LogP contribution >= 0.6 is 8.34 Å². The van der Waals surface area contributed by atoms with E-state index in [4.69, 9.17) is 0 Å². The van der Waals surface area contributed by atoms with Gasteiger partial charge in [0.05, 0.1) is 4.20 Å². The van der Waals surface area contributed by atoms with Gasteiger partial charge in [0, 0.05) is 11.0 Å². The van der Waals surface area contributed by atoms with Crippen molar-refractivity contribution in [3.05, 3.63) is 53.3 Å². The normalized spacial score (nSPS) is 14.4. The third kappa shape index (κ3) is 1.83. The number of hydrogen-bond donors (Lipinski definition) is 0. The third-order valence-corrected chi connectivity index (χ3v) is 3.27. The molecule has 1 unspecified atom stereocenters. The SMILES string of the molecule is O=[P+](F)OC1=Cc2cccc3cccc(c23)C1. The van der Waals surface area contributed by atoms with Gasteiger partial charge >= 0.3 is 8.34 Å². The predicted molar refractivity (Wildman–Crippen MR) is 65.4 cm³/mol. The van der Waals surface area contributed by atoms with Gasteiger partial charge in [0.25, 0.3) is 0 Å². The molecular weight excluding hydrogens is 238 g/mol. The molecule has 0 heterocycles. The van der Waals surface area contributed by atoms with Crippen LogP contribution in [-0.4, -0.2) is 0 Å². The van der Waals surface area contributed by atoms with E-state index >= 15 is 0 Å². The van der Waals surface area contributed by atoms with Crippen LogP contribution in [0.5, 0.6) is 0 Å². The summed E-state index contributed by atoms with van der Waals surface area (Å²) < 4.78 is 27.6. The van der Waals surface area contributed by atoms with Crippen LogP contribution in [0.3, 0.4) is 0 Å². The van der Waals surface area contributed by atoms with E-state index in [2.05, 4.69) is 4.52 Å². The highest BCUT2D eigenvalue weighted by atomic mass is 31.2.